The molecule has 2 heterocycles. The highest BCUT2D eigenvalue weighted by Crippen LogP contribution is 2.19. The predicted molar refractivity (Wildman–Crippen MR) is 153 cm³/mol. The molecule has 0 aliphatic rings. The molecule has 0 bridgehead atoms. The van der Waals surface area contributed by atoms with Crippen LogP contribution in [0.1, 0.15) is 36.9 Å². The number of para-hydroxylation sites is 1. The fourth-order valence-electron chi connectivity index (χ4n) is 4.38. The van der Waals surface area contributed by atoms with Crippen LogP contribution >= 0.6 is 0 Å². The third-order valence-electron chi connectivity index (χ3n) is 6.67. The van der Waals surface area contributed by atoms with Gasteiger partial charge in [0.25, 0.3) is 0 Å². The second-order valence-electron chi connectivity index (χ2n) is 9.98. The highest BCUT2D eigenvalue weighted by molar-refractivity contribution is 5.95. The van der Waals surface area contributed by atoms with Gasteiger partial charge in [-0.2, -0.15) is 0 Å². The van der Waals surface area contributed by atoms with Gasteiger partial charge in [0.15, 0.2) is 0 Å². The molecule has 5 amide bonds. The lowest BCUT2D eigenvalue weighted by atomic mass is 10.0. The van der Waals surface area contributed by atoms with Crippen molar-refractivity contribution in [1.29, 1.82) is 0 Å². The van der Waals surface area contributed by atoms with E-state index < -0.39 is 59.7 Å². The van der Waals surface area contributed by atoms with E-state index in [1.807, 2.05) is 12.1 Å². The minimum atomic E-state index is -1.41. The van der Waals surface area contributed by atoms with Gasteiger partial charge in [-0.25, -0.2) is 9.78 Å². The van der Waals surface area contributed by atoms with Crippen LogP contribution in [0.5, 0.6) is 0 Å². The normalized spacial score (nSPS) is 13.8. The van der Waals surface area contributed by atoms with Crippen LogP contribution in [0.4, 0.5) is 0 Å². The van der Waals surface area contributed by atoms with Crippen LogP contribution < -0.4 is 33.2 Å². The van der Waals surface area contributed by atoms with Crippen LogP contribution in [0.25, 0.3) is 10.9 Å². The third kappa shape index (κ3) is 9.67. The number of hydrogen-bond acceptors (Lipinski definition) is 8. The molecule has 4 atom stereocenters. The molecule has 16 heteroatoms. The topological polar surface area (TPSA) is 281 Å². The van der Waals surface area contributed by atoms with Gasteiger partial charge < -0.3 is 48.2 Å². The maximum atomic E-state index is 13.3. The first-order chi connectivity index (χ1) is 20.4. The molecular formula is C27H35N9O7. The first-order valence-corrected chi connectivity index (χ1v) is 13.4. The van der Waals surface area contributed by atoms with Gasteiger partial charge in [-0.05, 0) is 24.5 Å². The van der Waals surface area contributed by atoms with E-state index in [0.29, 0.717) is 11.3 Å². The predicted octanol–water partition coefficient (Wildman–Crippen LogP) is -1.93. The first-order valence-electron chi connectivity index (χ1n) is 13.4. The number of aromatic nitrogens is 3. The number of imidazole rings is 1. The standard InChI is InChI=1S/C27H35N9O7/c28-17(10-15-12-31-13-33-15)24(39)34-19(5-7-22(29)37)25(40)35-20(6-8-23(30)38)26(41)36-21(27(42)43)9-14-11-32-18-4-2-1-3-16(14)18/h1-4,11-13,17,19-21,32H,5-10,28H2,(H2,29,37)(H2,30,38)(H,31,33)(H,34,39)(H,35,40)(H,36,41)(H,42,43). The van der Waals surface area contributed by atoms with E-state index in [1.54, 1.807) is 18.3 Å². The Morgan fingerprint density at radius 2 is 1.40 bits per heavy atom. The van der Waals surface area contributed by atoms with Gasteiger partial charge in [-0.3, -0.25) is 24.0 Å². The van der Waals surface area contributed by atoms with E-state index in [1.165, 1.54) is 12.5 Å². The van der Waals surface area contributed by atoms with Crippen LogP contribution in [0, 0.1) is 0 Å². The third-order valence-corrected chi connectivity index (χ3v) is 6.67. The van der Waals surface area contributed by atoms with Crippen LogP contribution in [0.3, 0.4) is 0 Å². The number of nitrogens with two attached hydrogens (primary N) is 3. The smallest absolute Gasteiger partial charge is 0.326 e. The van der Waals surface area contributed by atoms with E-state index in [9.17, 15) is 33.9 Å². The number of carboxylic acids is 1. The lowest BCUT2D eigenvalue weighted by molar-refractivity contribution is -0.142. The number of hydrogen-bond donors (Lipinski definition) is 9. The zero-order chi connectivity index (χ0) is 31.5. The highest BCUT2D eigenvalue weighted by atomic mass is 16.4. The number of carbonyl (C=O) groups excluding carboxylic acids is 5. The molecule has 0 saturated heterocycles. The summed E-state index contributed by atoms with van der Waals surface area (Å²) in [5, 5.41) is 17.9. The van der Waals surface area contributed by atoms with Crippen molar-refractivity contribution in [3.05, 3.63) is 54.2 Å². The second-order valence-corrected chi connectivity index (χ2v) is 9.98. The molecule has 12 N–H and O–H groups in total. The summed E-state index contributed by atoms with van der Waals surface area (Å²) in [7, 11) is 0. The SMILES string of the molecule is NC(=O)CCC(NC(=O)C(N)Cc1cnc[nH]1)C(=O)NC(CCC(N)=O)C(=O)NC(Cc1c[nH]c2ccccc12)C(=O)O. The van der Waals surface area contributed by atoms with Gasteiger partial charge in [-0.1, -0.05) is 18.2 Å². The second kappa shape index (κ2) is 15.1. The van der Waals surface area contributed by atoms with Crippen molar-refractivity contribution >= 4 is 46.4 Å². The molecule has 230 valence electrons. The summed E-state index contributed by atoms with van der Waals surface area (Å²) in [6.45, 7) is 0. The molecule has 0 aliphatic carbocycles. The number of amides is 5. The number of fused-ring (bicyclic) bond motifs is 1. The molecule has 0 aliphatic heterocycles. The lowest BCUT2D eigenvalue weighted by Crippen LogP contribution is -2.57. The molecule has 4 unspecified atom stereocenters. The van der Waals surface area contributed by atoms with E-state index >= 15 is 0 Å². The Balaban J connectivity index is 1.74. The van der Waals surface area contributed by atoms with Crippen molar-refractivity contribution in [2.24, 2.45) is 17.2 Å². The molecule has 3 rings (SSSR count). The Kier molecular flexibility index (Phi) is 11.3. The van der Waals surface area contributed by atoms with Crippen molar-refractivity contribution in [3.8, 4) is 0 Å². The highest BCUT2D eigenvalue weighted by Gasteiger charge is 2.31. The number of nitrogens with one attached hydrogen (secondary N) is 5. The van der Waals surface area contributed by atoms with Crippen LogP contribution in [0.15, 0.2) is 43.0 Å². The summed E-state index contributed by atoms with van der Waals surface area (Å²) < 4.78 is 0. The minimum absolute atomic E-state index is 0.0760. The van der Waals surface area contributed by atoms with Gasteiger partial charge in [0.2, 0.25) is 29.5 Å². The Hall–Kier alpha value is -5.25. The van der Waals surface area contributed by atoms with Gasteiger partial charge in [-0.15, -0.1) is 0 Å². The molecule has 3 aromatic rings. The average molecular weight is 598 g/mol. The zero-order valence-electron chi connectivity index (χ0n) is 23.2. The monoisotopic (exact) mass is 597 g/mol. The summed E-state index contributed by atoms with van der Waals surface area (Å²) in [4.78, 5) is 84.0. The molecule has 0 saturated carbocycles. The fourth-order valence-corrected chi connectivity index (χ4v) is 4.38. The number of H-pyrrole nitrogens is 2. The molecule has 0 spiro atoms. The largest absolute Gasteiger partial charge is 0.480 e. The van der Waals surface area contributed by atoms with Crippen LogP contribution in [-0.4, -0.2) is 79.7 Å². The minimum Gasteiger partial charge on any atom is -0.480 e. The molecule has 0 fully saturated rings. The lowest BCUT2D eigenvalue weighted by Gasteiger charge is -2.25. The Morgan fingerprint density at radius 3 is 1.95 bits per heavy atom. The van der Waals surface area contributed by atoms with E-state index in [0.717, 1.165) is 10.9 Å². The van der Waals surface area contributed by atoms with E-state index in [-0.39, 0.29) is 38.5 Å². The van der Waals surface area contributed by atoms with Crippen molar-refractivity contribution in [2.75, 3.05) is 0 Å². The number of carboxylic acid groups (broad SMARTS) is 1. The van der Waals surface area contributed by atoms with Crippen molar-refractivity contribution in [2.45, 2.75) is 62.7 Å². The summed E-state index contributed by atoms with van der Waals surface area (Å²) in [5.41, 5.74) is 18.4. The van der Waals surface area contributed by atoms with Crippen molar-refractivity contribution < 1.29 is 33.9 Å². The van der Waals surface area contributed by atoms with Crippen LogP contribution in [0.2, 0.25) is 0 Å². The first kappa shape index (κ1) is 32.3. The Labute approximate surface area is 245 Å². The van der Waals surface area contributed by atoms with Gasteiger partial charge in [0, 0.05) is 54.7 Å². The molecule has 16 nitrogen and oxygen atoms in total. The van der Waals surface area contributed by atoms with Crippen molar-refractivity contribution in [3.63, 3.8) is 0 Å². The van der Waals surface area contributed by atoms with E-state index in [2.05, 4.69) is 30.9 Å². The number of aromatic amines is 2. The van der Waals surface area contributed by atoms with Crippen LogP contribution in [-0.2, 0) is 41.6 Å². The molecule has 1 aromatic carbocycles. The Morgan fingerprint density at radius 1 is 0.814 bits per heavy atom. The average Bonchev–Trinajstić information content (AvgIpc) is 3.62. The molecule has 2 aromatic heterocycles. The number of benzene rings is 1. The summed E-state index contributed by atoms with van der Waals surface area (Å²) >= 11 is 0. The van der Waals surface area contributed by atoms with Gasteiger partial charge in [0.1, 0.15) is 18.1 Å². The number of rotatable bonds is 17. The van der Waals surface area contributed by atoms with Gasteiger partial charge >= 0.3 is 5.97 Å². The number of aliphatic carboxylic acids is 1. The maximum Gasteiger partial charge on any atom is 0.326 e. The summed E-state index contributed by atoms with van der Waals surface area (Å²) in [6, 6.07) is 2.02. The number of primary amides is 2. The van der Waals surface area contributed by atoms with Gasteiger partial charge in [0.05, 0.1) is 12.4 Å². The summed E-state index contributed by atoms with van der Waals surface area (Å²) in [5.74, 6) is -5.31. The summed E-state index contributed by atoms with van der Waals surface area (Å²) in [6.07, 6.45) is 3.46. The van der Waals surface area contributed by atoms with Crippen molar-refractivity contribution in [1.82, 2.24) is 30.9 Å². The molecule has 0 radical (unpaired) electrons. The molecular weight excluding hydrogens is 562 g/mol. The molecule has 43 heavy (non-hydrogen) atoms. The quantitative estimate of drug-likeness (QED) is 0.0836. The maximum absolute atomic E-state index is 13.3. The number of nitrogens with zero attached hydrogens (tertiary/aromatic N) is 1. The number of carbonyl (C=O) groups is 6. The van der Waals surface area contributed by atoms with E-state index in [4.69, 9.17) is 17.2 Å². The fraction of sp³-hybridized carbons (Fsp3) is 0.370. The Bertz CT molecular complexity index is 1450. The zero-order valence-corrected chi connectivity index (χ0v) is 23.2.